The normalized spacial score (nSPS) is 10.1. The Morgan fingerprint density at radius 3 is 2.37 bits per heavy atom. The molecule has 0 radical (unpaired) electrons. The van der Waals surface area contributed by atoms with Gasteiger partial charge in [-0.1, -0.05) is 6.07 Å². The molecule has 2 aromatic rings. The number of ether oxygens (including phenoxy) is 2. The molecule has 0 saturated heterocycles. The third-order valence-electron chi connectivity index (χ3n) is 2.83. The largest absolute Gasteiger partial charge is 0.496 e. The summed E-state index contributed by atoms with van der Waals surface area (Å²) in [5.41, 5.74) is 1.78. The van der Waals surface area contributed by atoms with E-state index in [-0.39, 0.29) is 5.82 Å². The quantitative estimate of drug-likeness (QED) is 0.791. The molecule has 4 heteroatoms. The van der Waals surface area contributed by atoms with Crippen LogP contribution in [0.2, 0.25) is 0 Å². The number of methoxy groups -OCH3 is 2. The molecule has 0 atom stereocenters. The van der Waals surface area contributed by atoms with Crippen LogP contribution in [0.1, 0.15) is 10.4 Å². The minimum absolute atomic E-state index is 0.353. The highest BCUT2D eigenvalue weighted by Gasteiger charge is 2.10. The number of benzene rings is 2. The maximum Gasteiger partial charge on any atom is 0.153 e. The molecule has 98 valence electrons. The fourth-order valence-corrected chi connectivity index (χ4v) is 1.88. The Hall–Kier alpha value is -2.36. The van der Waals surface area contributed by atoms with Gasteiger partial charge in [0.05, 0.1) is 19.8 Å². The number of carbonyl (C=O) groups excluding carboxylic acids is 1. The number of aldehydes is 1. The maximum absolute atomic E-state index is 13.4. The first kappa shape index (κ1) is 13.1. The van der Waals surface area contributed by atoms with Crippen molar-refractivity contribution in [2.75, 3.05) is 14.2 Å². The molecule has 0 spiro atoms. The lowest BCUT2D eigenvalue weighted by Gasteiger charge is -2.11. The van der Waals surface area contributed by atoms with Crippen molar-refractivity contribution in [3.63, 3.8) is 0 Å². The second kappa shape index (κ2) is 5.52. The zero-order chi connectivity index (χ0) is 13.8. The van der Waals surface area contributed by atoms with Gasteiger partial charge in [0.1, 0.15) is 17.3 Å². The van der Waals surface area contributed by atoms with Crippen molar-refractivity contribution in [2.45, 2.75) is 0 Å². The van der Waals surface area contributed by atoms with Gasteiger partial charge in [-0.2, -0.15) is 0 Å². The SMILES string of the molecule is COc1cc(-c2cc(F)ccc2OC)ccc1C=O. The first-order chi connectivity index (χ1) is 9.19. The number of rotatable bonds is 4. The minimum atomic E-state index is -0.353. The second-order valence-corrected chi connectivity index (χ2v) is 3.92. The van der Waals surface area contributed by atoms with Crippen molar-refractivity contribution in [3.05, 3.63) is 47.8 Å². The van der Waals surface area contributed by atoms with Gasteiger partial charge in [0.25, 0.3) is 0 Å². The molecule has 0 aliphatic carbocycles. The van der Waals surface area contributed by atoms with E-state index in [1.54, 1.807) is 24.3 Å². The van der Waals surface area contributed by atoms with Gasteiger partial charge >= 0.3 is 0 Å². The maximum atomic E-state index is 13.4. The molecule has 0 bridgehead atoms. The van der Waals surface area contributed by atoms with Crippen LogP contribution in [0.5, 0.6) is 11.5 Å². The summed E-state index contributed by atoms with van der Waals surface area (Å²) in [6.07, 6.45) is 0.714. The Kier molecular flexibility index (Phi) is 3.80. The number of hydrogen-bond acceptors (Lipinski definition) is 3. The highest BCUT2D eigenvalue weighted by Crippen LogP contribution is 2.33. The van der Waals surface area contributed by atoms with Crippen LogP contribution in [0.15, 0.2) is 36.4 Å². The fourth-order valence-electron chi connectivity index (χ4n) is 1.88. The van der Waals surface area contributed by atoms with E-state index in [0.29, 0.717) is 28.9 Å². The lowest BCUT2D eigenvalue weighted by molar-refractivity contribution is 0.112. The molecule has 0 aliphatic heterocycles. The number of carbonyl (C=O) groups is 1. The Morgan fingerprint density at radius 2 is 1.74 bits per heavy atom. The van der Waals surface area contributed by atoms with Crippen LogP contribution in [0, 0.1) is 5.82 Å². The molecule has 0 aromatic heterocycles. The Morgan fingerprint density at radius 1 is 1.00 bits per heavy atom. The molecule has 0 amide bonds. The molecular weight excluding hydrogens is 247 g/mol. The van der Waals surface area contributed by atoms with E-state index in [0.717, 1.165) is 5.56 Å². The third kappa shape index (κ3) is 2.57. The van der Waals surface area contributed by atoms with Gasteiger partial charge in [-0.25, -0.2) is 4.39 Å². The number of hydrogen-bond donors (Lipinski definition) is 0. The summed E-state index contributed by atoms with van der Waals surface area (Å²) in [5, 5.41) is 0. The molecule has 0 saturated carbocycles. The van der Waals surface area contributed by atoms with Crippen LogP contribution in [0.25, 0.3) is 11.1 Å². The van der Waals surface area contributed by atoms with Crippen molar-refractivity contribution in [1.29, 1.82) is 0 Å². The van der Waals surface area contributed by atoms with E-state index in [1.807, 2.05) is 0 Å². The van der Waals surface area contributed by atoms with E-state index in [9.17, 15) is 9.18 Å². The van der Waals surface area contributed by atoms with Crippen LogP contribution in [0.4, 0.5) is 4.39 Å². The van der Waals surface area contributed by atoms with Crippen LogP contribution in [-0.4, -0.2) is 20.5 Å². The van der Waals surface area contributed by atoms with Gasteiger partial charge in [-0.15, -0.1) is 0 Å². The third-order valence-corrected chi connectivity index (χ3v) is 2.83. The zero-order valence-electron chi connectivity index (χ0n) is 10.6. The summed E-state index contributed by atoms with van der Waals surface area (Å²) in [6, 6.07) is 9.31. The monoisotopic (exact) mass is 260 g/mol. The lowest BCUT2D eigenvalue weighted by Crippen LogP contribution is -1.93. The van der Waals surface area contributed by atoms with Crippen LogP contribution in [0.3, 0.4) is 0 Å². The average Bonchev–Trinajstić information content (AvgIpc) is 2.46. The van der Waals surface area contributed by atoms with Gasteiger partial charge in [0.15, 0.2) is 6.29 Å². The van der Waals surface area contributed by atoms with Gasteiger partial charge < -0.3 is 9.47 Å². The molecule has 0 heterocycles. The molecule has 2 rings (SSSR count). The summed E-state index contributed by atoms with van der Waals surface area (Å²) in [4.78, 5) is 10.8. The van der Waals surface area contributed by atoms with E-state index in [4.69, 9.17) is 9.47 Å². The highest BCUT2D eigenvalue weighted by molar-refractivity contribution is 5.82. The van der Waals surface area contributed by atoms with Crippen LogP contribution < -0.4 is 9.47 Å². The fraction of sp³-hybridized carbons (Fsp3) is 0.133. The van der Waals surface area contributed by atoms with Gasteiger partial charge in [-0.3, -0.25) is 4.79 Å². The van der Waals surface area contributed by atoms with Gasteiger partial charge in [-0.05, 0) is 35.9 Å². The molecule has 2 aromatic carbocycles. The van der Waals surface area contributed by atoms with Gasteiger partial charge in [0.2, 0.25) is 0 Å². The zero-order valence-corrected chi connectivity index (χ0v) is 10.6. The Bertz CT molecular complexity index is 608. The lowest BCUT2D eigenvalue weighted by atomic mass is 10.0. The highest BCUT2D eigenvalue weighted by atomic mass is 19.1. The first-order valence-corrected chi connectivity index (χ1v) is 5.66. The average molecular weight is 260 g/mol. The molecule has 0 aliphatic rings. The van der Waals surface area contributed by atoms with Crippen LogP contribution >= 0.6 is 0 Å². The summed E-state index contributed by atoms with van der Waals surface area (Å²) in [5.74, 6) is 0.648. The van der Waals surface area contributed by atoms with Crippen LogP contribution in [-0.2, 0) is 0 Å². The van der Waals surface area contributed by atoms with E-state index < -0.39 is 0 Å². The summed E-state index contributed by atoms with van der Waals surface area (Å²) in [7, 11) is 3.00. The second-order valence-electron chi connectivity index (χ2n) is 3.92. The van der Waals surface area contributed by atoms with Gasteiger partial charge in [0, 0.05) is 5.56 Å². The predicted octanol–water partition coefficient (Wildman–Crippen LogP) is 3.32. The number of halogens is 1. The van der Waals surface area contributed by atoms with Crippen molar-refractivity contribution >= 4 is 6.29 Å². The topological polar surface area (TPSA) is 35.5 Å². The molecule has 0 fully saturated rings. The summed E-state index contributed by atoms with van der Waals surface area (Å²) in [6.45, 7) is 0. The summed E-state index contributed by atoms with van der Waals surface area (Å²) < 4.78 is 23.7. The Labute approximate surface area is 110 Å². The van der Waals surface area contributed by atoms with Crippen molar-refractivity contribution in [2.24, 2.45) is 0 Å². The predicted molar refractivity (Wildman–Crippen MR) is 70.3 cm³/mol. The first-order valence-electron chi connectivity index (χ1n) is 5.66. The standard InChI is InChI=1S/C15H13FO3/c1-18-14-6-5-12(16)8-13(14)10-3-4-11(9-17)15(7-10)19-2/h3-9H,1-2H3. The minimum Gasteiger partial charge on any atom is -0.496 e. The van der Waals surface area contributed by atoms with E-state index in [2.05, 4.69) is 0 Å². The van der Waals surface area contributed by atoms with E-state index in [1.165, 1.54) is 26.4 Å². The smallest absolute Gasteiger partial charge is 0.153 e. The van der Waals surface area contributed by atoms with Crippen molar-refractivity contribution in [3.8, 4) is 22.6 Å². The Balaban J connectivity index is 2.58. The molecular formula is C15H13FO3. The molecule has 19 heavy (non-hydrogen) atoms. The van der Waals surface area contributed by atoms with Crippen molar-refractivity contribution < 1.29 is 18.7 Å². The summed E-state index contributed by atoms with van der Waals surface area (Å²) >= 11 is 0. The van der Waals surface area contributed by atoms with Crippen molar-refractivity contribution in [1.82, 2.24) is 0 Å². The molecule has 3 nitrogen and oxygen atoms in total. The van der Waals surface area contributed by atoms with E-state index >= 15 is 0 Å². The molecule has 0 unspecified atom stereocenters. The molecule has 0 N–H and O–H groups in total.